The molecule has 110 valence electrons. The van der Waals surface area contributed by atoms with E-state index in [9.17, 15) is 9.90 Å². The lowest BCUT2D eigenvalue weighted by Crippen LogP contribution is -2.17. The zero-order valence-corrected chi connectivity index (χ0v) is 12.4. The van der Waals surface area contributed by atoms with Crippen molar-refractivity contribution < 1.29 is 14.3 Å². The number of hydrogen-bond donors (Lipinski definition) is 2. The number of aliphatic hydroxyl groups is 1. The molecule has 6 heteroatoms. The van der Waals surface area contributed by atoms with Crippen molar-refractivity contribution >= 4 is 28.9 Å². The Morgan fingerprint density at radius 3 is 2.90 bits per heavy atom. The minimum atomic E-state index is -1.15. The van der Waals surface area contributed by atoms with Crippen LogP contribution in [0.1, 0.15) is 23.0 Å². The first kappa shape index (κ1) is 14.0. The van der Waals surface area contributed by atoms with Crippen molar-refractivity contribution in [3.05, 3.63) is 46.4 Å². The normalized spacial score (nSPS) is 16.8. The van der Waals surface area contributed by atoms with Crippen LogP contribution in [0.3, 0.4) is 0 Å². The van der Waals surface area contributed by atoms with Crippen molar-refractivity contribution in [2.75, 3.05) is 17.3 Å². The van der Waals surface area contributed by atoms with Crippen LogP contribution in [0.4, 0.5) is 11.4 Å². The Kier molecular flexibility index (Phi) is 3.39. The third kappa shape index (κ3) is 2.39. The van der Waals surface area contributed by atoms with Gasteiger partial charge < -0.3 is 19.7 Å². The number of furan rings is 1. The Morgan fingerprint density at radius 1 is 1.48 bits per heavy atom. The molecule has 0 spiro atoms. The number of carbonyl (C=O) groups is 1. The zero-order valence-electron chi connectivity index (χ0n) is 11.7. The maximum Gasteiger partial charge on any atom is 0.257 e. The van der Waals surface area contributed by atoms with Crippen molar-refractivity contribution in [2.45, 2.75) is 19.6 Å². The average Bonchev–Trinajstić information content (AvgIpc) is 2.95. The van der Waals surface area contributed by atoms with E-state index in [4.69, 9.17) is 16.0 Å². The number of fused-ring (bicyclic) bond motifs is 1. The molecular formula is C15H15ClN2O3. The molecule has 0 saturated carbocycles. The van der Waals surface area contributed by atoms with Crippen molar-refractivity contribution in [1.82, 2.24) is 0 Å². The number of anilines is 2. The Morgan fingerprint density at radius 2 is 2.24 bits per heavy atom. The van der Waals surface area contributed by atoms with Gasteiger partial charge >= 0.3 is 0 Å². The van der Waals surface area contributed by atoms with Gasteiger partial charge in [0.15, 0.2) is 6.10 Å². The molecule has 0 aliphatic carbocycles. The number of aryl methyl sites for hydroxylation is 1. The summed E-state index contributed by atoms with van der Waals surface area (Å²) in [7, 11) is 1.91. The van der Waals surface area contributed by atoms with E-state index in [1.54, 1.807) is 18.4 Å². The maximum absolute atomic E-state index is 11.5. The molecule has 0 bridgehead atoms. The van der Waals surface area contributed by atoms with Gasteiger partial charge in [0.2, 0.25) is 0 Å². The smallest absolute Gasteiger partial charge is 0.257 e. The molecule has 1 atom stereocenters. The molecule has 2 aromatic rings. The summed E-state index contributed by atoms with van der Waals surface area (Å²) >= 11 is 6.28. The number of carbonyl (C=O) groups excluding carboxylic acids is 1. The zero-order chi connectivity index (χ0) is 15.1. The molecule has 0 fully saturated rings. The van der Waals surface area contributed by atoms with E-state index in [2.05, 4.69) is 5.32 Å². The summed E-state index contributed by atoms with van der Waals surface area (Å²) in [5.41, 5.74) is 2.97. The standard InChI is InChI=1S/C15H15ClN2O3/c1-8-9(3-4-21-8)7-18(2)13-6-12-10(5-11(13)16)14(19)15(20)17-12/h3-6,14,19H,7H2,1-2H3,(H,17,20). The highest BCUT2D eigenvalue weighted by Crippen LogP contribution is 2.38. The molecule has 1 unspecified atom stereocenters. The van der Waals surface area contributed by atoms with Crippen LogP contribution in [0.5, 0.6) is 0 Å². The van der Waals surface area contributed by atoms with Gasteiger partial charge in [-0.2, -0.15) is 0 Å². The van der Waals surface area contributed by atoms with Crippen LogP contribution in [0.15, 0.2) is 28.9 Å². The van der Waals surface area contributed by atoms with Crippen molar-refractivity contribution in [1.29, 1.82) is 0 Å². The highest BCUT2D eigenvalue weighted by atomic mass is 35.5. The van der Waals surface area contributed by atoms with E-state index >= 15 is 0 Å². The van der Waals surface area contributed by atoms with Crippen molar-refractivity contribution in [2.24, 2.45) is 0 Å². The summed E-state index contributed by atoms with van der Waals surface area (Å²) in [5.74, 6) is 0.439. The van der Waals surface area contributed by atoms with Gasteiger partial charge in [-0.05, 0) is 25.1 Å². The van der Waals surface area contributed by atoms with Crippen LogP contribution in [0.25, 0.3) is 0 Å². The van der Waals surface area contributed by atoms with E-state index < -0.39 is 12.0 Å². The van der Waals surface area contributed by atoms with Crippen LogP contribution in [0.2, 0.25) is 5.02 Å². The Hall–Kier alpha value is -1.98. The predicted octanol–water partition coefficient (Wildman–Crippen LogP) is 2.86. The lowest BCUT2D eigenvalue weighted by Gasteiger charge is -2.21. The molecule has 0 saturated heterocycles. The van der Waals surface area contributed by atoms with Crippen LogP contribution < -0.4 is 10.2 Å². The molecule has 21 heavy (non-hydrogen) atoms. The van der Waals surface area contributed by atoms with E-state index in [-0.39, 0.29) is 0 Å². The minimum absolute atomic E-state index is 0.424. The lowest BCUT2D eigenvalue weighted by atomic mass is 10.1. The molecule has 0 radical (unpaired) electrons. The fourth-order valence-corrected chi connectivity index (χ4v) is 2.78. The van der Waals surface area contributed by atoms with E-state index in [0.29, 0.717) is 22.8 Å². The fraction of sp³-hybridized carbons (Fsp3) is 0.267. The molecule has 1 amide bonds. The van der Waals surface area contributed by atoms with Crippen LogP contribution in [-0.4, -0.2) is 18.1 Å². The quantitative estimate of drug-likeness (QED) is 0.915. The lowest BCUT2D eigenvalue weighted by molar-refractivity contribution is -0.123. The molecule has 1 aromatic heterocycles. The van der Waals surface area contributed by atoms with Gasteiger partial charge in [-0.25, -0.2) is 0 Å². The molecule has 1 aliphatic heterocycles. The van der Waals surface area contributed by atoms with Crippen molar-refractivity contribution in [3.63, 3.8) is 0 Å². The maximum atomic E-state index is 11.5. The van der Waals surface area contributed by atoms with Gasteiger partial charge in [0.05, 0.1) is 17.0 Å². The molecule has 3 rings (SSSR count). The monoisotopic (exact) mass is 306 g/mol. The molecule has 2 N–H and O–H groups in total. The first-order valence-electron chi connectivity index (χ1n) is 6.54. The highest BCUT2D eigenvalue weighted by molar-refractivity contribution is 6.33. The molecule has 1 aliphatic rings. The SMILES string of the molecule is Cc1occc1CN(C)c1cc2c(cc1Cl)C(O)C(=O)N2. The number of rotatable bonds is 3. The number of nitrogens with zero attached hydrogens (tertiary/aromatic N) is 1. The Bertz CT molecular complexity index is 711. The van der Waals surface area contributed by atoms with E-state index in [1.165, 1.54) is 0 Å². The van der Waals surface area contributed by atoms with Crippen LogP contribution in [-0.2, 0) is 11.3 Å². The number of aliphatic hydroxyl groups excluding tert-OH is 1. The third-order valence-corrected chi connectivity index (χ3v) is 4.01. The van der Waals surface area contributed by atoms with Crippen molar-refractivity contribution in [3.8, 4) is 0 Å². The second-order valence-electron chi connectivity index (χ2n) is 5.14. The minimum Gasteiger partial charge on any atom is -0.469 e. The average molecular weight is 307 g/mol. The summed E-state index contributed by atoms with van der Waals surface area (Å²) < 4.78 is 5.28. The largest absolute Gasteiger partial charge is 0.469 e. The number of amides is 1. The first-order chi connectivity index (χ1) is 9.97. The topological polar surface area (TPSA) is 65.7 Å². The summed E-state index contributed by atoms with van der Waals surface area (Å²) in [5, 5.41) is 12.9. The van der Waals surface area contributed by atoms with Gasteiger partial charge in [-0.1, -0.05) is 11.6 Å². The van der Waals surface area contributed by atoms with Gasteiger partial charge in [0.25, 0.3) is 5.91 Å². The Labute approximate surface area is 127 Å². The first-order valence-corrected chi connectivity index (χ1v) is 6.91. The third-order valence-electron chi connectivity index (χ3n) is 3.70. The summed E-state index contributed by atoms with van der Waals surface area (Å²) in [6.07, 6.45) is 0.507. The Balaban J connectivity index is 1.91. The number of nitrogens with one attached hydrogen (secondary N) is 1. The van der Waals surface area contributed by atoms with Gasteiger partial charge in [0.1, 0.15) is 5.76 Å². The fourth-order valence-electron chi connectivity index (χ4n) is 2.46. The van der Waals surface area contributed by atoms with E-state index in [0.717, 1.165) is 17.0 Å². The predicted molar refractivity (Wildman–Crippen MR) is 80.6 cm³/mol. The van der Waals surface area contributed by atoms with Gasteiger partial charge in [0, 0.05) is 30.4 Å². The van der Waals surface area contributed by atoms with E-state index in [1.807, 2.05) is 24.9 Å². The second-order valence-corrected chi connectivity index (χ2v) is 5.55. The highest BCUT2D eigenvalue weighted by Gasteiger charge is 2.30. The molecular weight excluding hydrogens is 292 g/mol. The van der Waals surface area contributed by atoms with Crippen LogP contribution >= 0.6 is 11.6 Å². The summed E-state index contributed by atoms with van der Waals surface area (Å²) in [4.78, 5) is 13.5. The second kappa shape index (κ2) is 5.09. The van der Waals surface area contributed by atoms with Gasteiger partial charge in [-0.15, -0.1) is 0 Å². The van der Waals surface area contributed by atoms with Gasteiger partial charge in [-0.3, -0.25) is 4.79 Å². The number of hydrogen-bond acceptors (Lipinski definition) is 4. The summed E-state index contributed by atoms with van der Waals surface area (Å²) in [6.45, 7) is 2.54. The molecule has 5 nitrogen and oxygen atoms in total. The molecule has 1 aromatic carbocycles. The summed E-state index contributed by atoms with van der Waals surface area (Å²) in [6, 6.07) is 5.33. The number of benzene rings is 1. The number of halogens is 1. The molecule has 2 heterocycles. The van der Waals surface area contributed by atoms with Crippen LogP contribution in [0, 0.1) is 6.92 Å².